The van der Waals surface area contributed by atoms with Crippen LogP contribution in [-0.4, -0.2) is 37.6 Å². The lowest BCUT2D eigenvalue weighted by Gasteiger charge is -2.13. The molecule has 0 atom stereocenters. The highest BCUT2D eigenvalue weighted by Gasteiger charge is 2.12. The molecule has 0 aliphatic heterocycles. The Labute approximate surface area is 160 Å². The summed E-state index contributed by atoms with van der Waals surface area (Å²) in [6.07, 6.45) is 3.32. The van der Waals surface area contributed by atoms with Gasteiger partial charge in [0, 0.05) is 23.9 Å². The number of hydrogen-bond donors (Lipinski definition) is 1. The number of benzene rings is 2. The fourth-order valence-electron chi connectivity index (χ4n) is 2.41. The van der Waals surface area contributed by atoms with Gasteiger partial charge in [-0.25, -0.2) is 5.06 Å². The zero-order chi connectivity index (χ0) is 19.6. The van der Waals surface area contributed by atoms with E-state index >= 15 is 0 Å². The predicted molar refractivity (Wildman–Crippen MR) is 105 cm³/mol. The monoisotopic (exact) mass is 370 g/mol. The van der Waals surface area contributed by atoms with Crippen LogP contribution >= 0.6 is 0 Å². The first-order valence-electron chi connectivity index (χ1n) is 9.01. The van der Waals surface area contributed by atoms with Crippen molar-refractivity contribution in [3.05, 3.63) is 59.7 Å². The van der Waals surface area contributed by atoms with Crippen molar-refractivity contribution in [3.63, 3.8) is 0 Å². The standard InChI is InChI=1S/C21H26N2O4/c1-4-5-6-15-27-19-13-9-16(10-14-19)20(24)22-18-11-7-17(8-12-18)21(25)23(2)26-3/h7-14H,4-6,15H2,1-3H3,(H,22,24). The van der Waals surface area contributed by atoms with Crippen LogP contribution in [0, 0.1) is 0 Å². The average Bonchev–Trinajstić information content (AvgIpc) is 2.71. The molecule has 6 heteroatoms. The molecule has 0 saturated heterocycles. The molecule has 2 rings (SSSR count). The lowest BCUT2D eigenvalue weighted by Crippen LogP contribution is -2.25. The molecule has 0 aliphatic rings. The van der Waals surface area contributed by atoms with Crippen molar-refractivity contribution in [2.75, 3.05) is 26.1 Å². The molecule has 0 aliphatic carbocycles. The number of hydrogen-bond acceptors (Lipinski definition) is 4. The number of amides is 2. The van der Waals surface area contributed by atoms with E-state index in [-0.39, 0.29) is 11.8 Å². The number of hydroxylamine groups is 2. The molecule has 144 valence electrons. The van der Waals surface area contributed by atoms with Gasteiger partial charge < -0.3 is 10.1 Å². The van der Waals surface area contributed by atoms with Crippen LogP contribution in [0.2, 0.25) is 0 Å². The van der Waals surface area contributed by atoms with Gasteiger partial charge in [0.2, 0.25) is 0 Å². The lowest BCUT2D eigenvalue weighted by molar-refractivity contribution is -0.0756. The Balaban J connectivity index is 1.91. The highest BCUT2D eigenvalue weighted by Crippen LogP contribution is 2.16. The van der Waals surface area contributed by atoms with Crippen LogP contribution in [0.4, 0.5) is 5.69 Å². The topological polar surface area (TPSA) is 67.9 Å². The van der Waals surface area contributed by atoms with E-state index in [0.717, 1.165) is 30.1 Å². The quantitative estimate of drug-likeness (QED) is 0.532. The summed E-state index contributed by atoms with van der Waals surface area (Å²) >= 11 is 0. The van der Waals surface area contributed by atoms with Crippen LogP contribution in [-0.2, 0) is 4.84 Å². The maximum Gasteiger partial charge on any atom is 0.277 e. The van der Waals surface area contributed by atoms with Crippen molar-refractivity contribution in [1.29, 1.82) is 0 Å². The van der Waals surface area contributed by atoms with E-state index in [2.05, 4.69) is 12.2 Å². The smallest absolute Gasteiger partial charge is 0.277 e. The molecule has 0 spiro atoms. The van der Waals surface area contributed by atoms with Gasteiger partial charge in [0.15, 0.2) is 0 Å². The molecular weight excluding hydrogens is 344 g/mol. The first kappa shape index (κ1) is 20.5. The maximum atomic E-state index is 12.4. The number of unbranched alkanes of at least 4 members (excludes halogenated alkanes) is 2. The highest BCUT2D eigenvalue weighted by molar-refractivity contribution is 6.04. The van der Waals surface area contributed by atoms with Gasteiger partial charge in [-0.05, 0) is 55.0 Å². The Kier molecular flexibility index (Phi) is 7.82. The van der Waals surface area contributed by atoms with Crippen molar-refractivity contribution < 1.29 is 19.2 Å². The van der Waals surface area contributed by atoms with Gasteiger partial charge in [-0.3, -0.25) is 14.4 Å². The summed E-state index contributed by atoms with van der Waals surface area (Å²) in [7, 11) is 2.96. The molecular formula is C21H26N2O4. The second kappa shape index (κ2) is 10.3. The van der Waals surface area contributed by atoms with Gasteiger partial charge in [-0.2, -0.15) is 0 Å². The predicted octanol–water partition coefficient (Wildman–Crippen LogP) is 4.14. The van der Waals surface area contributed by atoms with Crippen LogP contribution in [0.25, 0.3) is 0 Å². The minimum Gasteiger partial charge on any atom is -0.494 e. The third-order valence-electron chi connectivity index (χ3n) is 4.08. The normalized spacial score (nSPS) is 10.3. The molecule has 2 aromatic rings. The van der Waals surface area contributed by atoms with Crippen LogP contribution in [0.1, 0.15) is 46.9 Å². The fraction of sp³-hybridized carbons (Fsp3) is 0.333. The fourth-order valence-corrected chi connectivity index (χ4v) is 2.41. The first-order valence-corrected chi connectivity index (χ1v) is 9.01. The van der Waals surface area contributed by atoms with E-state index in [9.17, 15) is 9.59 Å². The number of anilines is 1. The van der Waals surface area contributed by atoms with Crippen LogP contribution in [0.3, 0.4) is 0 Å². The molecule has 0 aromatic heterocycles. The van der Waals surface area contributed by atoms with Crippen LogP contribution in [0.5, 0.6) is 5.75 Å². The molecule has 6 nitrogen and oxygen atoms in total. The number of carbonyl (C=O) groups excluding carboxylic acids is 2. The molecule has 2 aromatic carbocycles. The highest BCUT2D eigenvalue weighted by atomic mass is 16.7. The molecule has 27 heavy (non-hydrogen) atoms. The summed E-state index contributed by atoms with van der Waals surface area (Å²) in [6.45, 7) is 2.83. The Bertz CT molecular complexity index is 742. The molecule has 2 amide bonds. The number of rotatable bonds is 9. The minimum absolute atomic E-state index is 0.222. The molecule has 0 radical (unpaired) electrons. The Morgan fingerprint density at radius 1 is 0.963 bits per heavy atom. The maximum absolute atomic E-state index is 12.4. The van der Waals surface area contributed by atoms with Gasteiger partial charge >= 0.3 is 0 Å². The average molecular weight is 370 g/mol. The van der Waals surface area contributed by atoms with E-state index in [1.54, 1.807) is 48.5 Å². The third-order valence-corrected chi connectivity index (χ3v) is 4.08. The van der Waals surface area contributed by atoms with E-state index < -0.39 is 0 Å². The number of nitrogens with one attached hydrogen (secondary N) is 1. The van der Waals surface area contributed by atoms with Gasteiger partial charge in [0.1, 0.15) is 5.75 Å². The number of carbonyl (C=O) groups is 2. The molecule has 0 heterocycles. The summed E-state index contributed by atoms with van der Waals surface area (Å²) in [5.41, 5.74) is 1.62. The zero-order valence-electron chi connectivity index (χ0n) is 16.0. The van der Waals surface area contributed by atoms with E-state index in [1.807, 2.05) is 0 Å². The van der Waals surface area contributed by atoms with Crippen LogP contribution < -0.4 is 10.1 Å². The summed E-state index contributed by atoms with van der Waals surface area (Å²) in [5.74, 6) is 0.276. The number of ether oxygens (including phenoxy) is 1. The van der Waals surface area contributed by atoms with Crippen molar-refractivity contribution in [2.45, 2.75) is 26.2 Å². The van der Waals surface area contributed by atoms with E-state index in [1.165, 1.54) is 14.2 Å². The Morgan fingerprint density at radius 2 is 1.59 bits per heavy atom. The molecule has 0 bridgehead atoms. The van der Waals surface area contributed by atoms with Gasteiger partial charge in [0.25, 0.3) is 11.8 Å². The summed E-state index contributed by atoms with van der Waals surface area (Å²) < 4.78 is 5.65. The Morgan fingerprint density at radius 3 is 2.19 bits per heavy atom. The summed E-state index contributed by atoms with van der Waals surface area (Å²) in [6, 6.07) is 13.7. The van der Waals surface area contributed by atoms with Crippen molar-refractivity contribution in [3.8, 4) is 5.75 Å². The lowest BCUT2D eigenvalue weighted by atomic mass is 10.1. The first-order chi connectivity index (χ1) is 13.0. The molecule has 1 N–H and O–H groups in total. The zero-order valence-corrected chi connectivity index (χ0v) is 16.0. The SMILES string of the molecule is CCCCCOc1ccc(C(=O)Nc2ccc(C(=O)N(C)OC)cc2)cc1. The minimum atomic E-state index is -0.259. The molecule has 0 unspecified atom stereocenters. The Hall–Kier alpha value is -2.86. The van der Waals surface area contributed by atoms with Gasteiger partial charge in [-0.1, -0.05) is 19.8 Å². The number of nitrogens with zero attached hydrogens (tertiary/aromatic N) is 1. The van der Waals surface area contributed by atoms with E-state index in [4.69, 9.17) is 9.57 Å². The van der Waals surface area contributed by atoms with Crippen molar-refractivity contribution in [2.24, 2.45) is 0 Å². The summed E-state index contributed by atoms with van der Waals surface area (Å²) in [5, 5.41) is 3.95. The molecule has 0 saturated carbocycles. The second-order valence-electron chi connectivity index (χ2n) is 6.10. The largest absolute Gasteiger partial charge is 0.494 e. The van der Waals surface area contributed by atoms with Gasteiger partial charge in [-0.15, -0.1) is 0 Å². The van der Waals surface area contributed by atoms with Crippen molar-refractivity contribution in [1.82, 2.24) is 5.06 Å². The summed E-state index contributed by atoms with van der Waals surface area (Å²) in [4.78, 5) is 29.2. The van der Waals surface area contributed by atoms with Crippen LogP contribution in [0.15, 0.2) is 48.5 Å². The van der Waals surface area contributed by atoms with Gasteiger partial charge in [0.05, 0.1) is 13.7 Å². The third kappa shape index (κ3) is 6.11. The molecule has 0 fully saturated rings. The van der Waals surface area contributed by atoms with E-state index in [0.29, 0.717) is 23.4 Å². The van der Waals surface area contributed by atoms with Crippen molar-refractivity contribution >= 4 is 17.5 Å². The second-order valence-corrected chi connectivity index (χ2v) is 6.10.